The molecule has 35 heavy (non-hydrogen) atoms. The van der Waals surface area contributed by atoms with Crippen LogP contribution in [0.4, 0.5) is 6.01 Å². The van der Waals surface area contributed by atoms with Crippen molar-refractivity contribution in [2.75, 3.05) is 39.0 Å². The lowest BCUT2D eigenvalue weighted by atomic mass is 10.0. The second kappa shape index (κ2) is 8.19. The first-order chi connectivity index (χ1) is 16.9. The van der Waals surface area contributed by atoms with E-state index in [1.165, 1.54) is 10.5 Å². The van der Waals surface area contributed by atoms with Gasteiger partial charge in [0.25, 0.3) is 16.0 Å². The summed E-state index contributed by atoms with van der Waals surface area (Å²) in [5, 5.41) is 0.190. The Bertz CT molecular complexity index is 1650. The second-order valence-electron chi connectivity index (χ2n) is 8.76. The molecule has 2 aromatic carbocycles. The molecule has 0 atom stereocenters. The number of aromatic nitrogens is 3. The number of anilines is 1. The number of rotatable bonds is 4. The summed E-state index contributed by atoms with van der Waals surface area (Å²) < 4.78 is 35.2. The molecule has 1 aliphatic rings. The fourth-order valence-electron chi connectivity index (χ4n) is 4.46. The van der Waals surface area contributed by atoms with Crippen LogP contribution in [-0.2, 0) is 10.0 Å². The third kappa shape index (κ3) is 3.85. The largest absolute Gasteiger partial charge is 0.424 e. The minimum absolute atomic E-state index is 0.149. The Hall–Kier alpha value is -3.73. The van der Waals surface area contributed by atoms with Crippen molar-refractivity contribution in [2.24, 2.45) is 0 Å². The summed E-state index contributed by atoms with van der Waals surface area (Å²) in [5.41, 5.74) is 11.5. The second-order valence-corrected chi connectivity index (χ2v) is 10.6. The van der Waals surface area contributed by atoms with E-state index >= 15 is 0 Å². The maximum Gasteiger partial charge on any atom is 0.292 e. The Labute approximate surface area is 202 Å². The van der Waals surface area contributed by atoms with Crippen molar-refractivity contribution >= 4 is 32.8 Å². The van der Waals surface area contributed by atoms with Crippen LogP contribution in [0.5, 0.6) is 0 Å². The number of nitrogens with two attached hydrogens (primary N) is 1. The number of benzene rings is 2. The van der Waals surface area contributed by atoms with Gasteiger partial charge in [-0.25, -0.2) is 13.4 Å². The minimum Gasteiger partial charge on any atom is -0.424 e. The number of likely N-dealkylation sites (N-methyl/N-ethyl adjacent to an activating group) is 1. The van der Waals surface area contributed by atoms with Crippen molar-refractivity contribution in [1.82, 2.24) is 23.6 Å². The quantitative estimate of drug-likeness (QED) is 0.413. The molecule has 0 unspecified atom stereocenters. The van der Waals surface area contributed by atoms with Crippen LogP contribution < -0.4 is 5.73 Å². The van der Waals surface area contributed by atoms with Gasteiger partial charge in [-0.15, -0.1) is 0 Å². The normalized spacial score (nSPS) is 15.8. The van der Waals surface area contributed by atoms with Gasteiger partial charge in [0.1, 0.15) is 11.2 Å². The number of sulfonamides is 1. The number of oxazole rings is 1. The van der Waals surface area contributed by atoms with Gasteiger partial charge in [0.05, 0.1) is 6.20 Å². The highest BCUT2D eigenvalue weighted by Crippen LogP contribution is 2.29. The molecule has 4 heterocycles. The van der Waals surface area contributed by atoms with E-state index in [9.17, 15) is 8.42 Å². The predicted octanol–water partition coefficient (Wildman–Crippen LogP) is 3.33. The van der Waals surface area contributed by atoms with Gasteiger partial charge < -0.3 is 15.1 Å². The Kier molecular flexibility index (Phi) is 5.10. The molecule has 5 aromatic rings. The highest BCUT2D eigenvalue weighted by atomic mass is 32.2. The lowest BCUT2D eigenvalue weighted by Crippen LogP contribution is -2.47. The molecule has 0 radical (unpaired) electrons. The predicted molar refractivity (Wildman–Crippen MR) is 134 cm³/mol. The van der Waals surface area contributed by atoms with E-state index < -0.39 is 10.0 Å². The molecule has 1 aliphatic heterocycles. The van der Waals surface area contributed by atoms with Crippen LogP contribution in [-0.4, -0.2) is 65.2 Å². The summed E-state index contributed by atoms with van der Waals surface area (Å²) in [6.07, 6.45) is 3.28. The number of imidazole rings is 1. The van der Waals surface area contributed by atoms with Gasteiger partial charge in [-0.05, 0) is 53.6 Å². The molecule has 0 spiro atoms. The molecule has 6 rings (SSSR count). The van der Waals surface area contributed by atoms with E-state index in [1.54, 1.807) is 4.40 Å². The summed E-state index contributed by atoms with van der Waals surface area (Å²) in [6, 6.07) is 17.8. The Morgan fingerprint density at radius 1 is 0.886 bits per heavy atom. The summed E-state index contributed by atoms with van der Waals surface area (Å²) in [5.74, 6) is 0. The number of hydrogen-bond acceptors (Lipinski definition) is 7. The average Bonchev–Trinajstić information content (AvgIpc) is 3.46. The monoisotopic (exact) mass is 488 g/mol. The van der Waals surface area contributed by atoms with Crippen molar-refractivity contribution < 1.29 is 12.8 Å². The van der Waals surface area contributed by atoms with E-state index in [2.05, 4.69) is 14.9 Å². The van der Waals surface area contributed by atoms with Crippen LogP contribution in [0.3, 0.4) is 0 Å². The zero-order valence-corrected chi connectivity index (χ0v) is 19.9. The van der Waals surface area contributed by atoms with E-state index in [-0.39, 0.29) is 11.0 Å². The summed E-state index contributed by atoms with van der Waals surface area (Å²) in [4.78, 5) is 10.7. The molecule has 1 saturated heterocycles. The van der Waals surface area contributed by atoms with E-state index in [1.807, 2.05) is 67.8 Å². The number of hydrogen-bond donors (Lipinski definition) is 1. The lowest BCUT2D eigenvalue weighted by molar-refractivity contribution is 0.222. The Balaban J connectivity index is 1.32. The highest BCUT2D eigenvalue weighted by Gasteiger charge is 2.30. The van der Waals surface area contributed by atoms with Crippen molar-refractivity contribution in [1.29, 1.82) is 0 Å². The first-order valence-electron chi connectivity index (χ1n) is 11.3. The zero-order chi connectivity index (χ0) is 24.2. The molecule has 1 fully saturated rings. The molecule has 9 nitrogen and oxygen atoms in total. The summed E-state index contributed by atoms with van der Waals surface area (Å²) >= 11 is 0. The van der Waals surface area contributed by atoms with Gasteiger partial charge in [0.2, 0.25) is 0 Å². The van der Waals surface area contributed by atoms with Crippen LogP contribution in [0.1, 0.15) is 0 Å². The highest BCUT2D eigenvalue weighted by molar-refractivity contribution is 7.89. The smallest absolute Gasteiger partial charge is 0.292 e. The fourth-order valence-corrected chi connectivity index (χ4v) is 5.95. The molecule has 0 bridgehead atoms. The molecule has 0 saturated carbocycles. The third-order valence-electron chi connectivity index (χ3n) is 6.49. The first-order valence-corrected chi connectivity index (χ1v) is 12.8. The number of pyridine rings is 1. The van der Waals surface area contributed by atoms with Crippen LogP contribution in [0, 0.1) is 0 Å². The number of nitrogens with zero attached hydrogens (tertiary/aromatic N) is 5. The third-order valence-corrected chi connectivity index (χ3v) is 8.37. The van der Waals surface area contributed by atoms with Gasteiger partial charge in [-0.3, -0.25) is 4.40 Å². The SMILES string of the molecule is CN1CCN(S(=O)(=O)c2cnc3ccc(-c4ccc(-c5ccc6oc(N)nc6c5)cc4)cn23)CC1. The molecular weight excluding hydrogens is 464 g/mol. The first kappa shape index (κ1) is 21.8. The summed E-state index contributed by atoms with van der Waals surface area (Å²) in [7, 11) is -1.64. The van der Waals surface area contributed by atoms with Crippen molar-refractivity contribution in [3.8, 4) is 22.3 Å². The van der Waals surface area contributed by atoms with E-state index in [4.69, 9.17) is 10.2 Å². The molecule has 10 heteroatoms. The fraction of sp³-hybridized carbons (Fsp3) is 0.200. The van der Waals surface area contributed by atoms with Crippen LogP contribution in [0.25, 0.3) is 39.0 Å². The average molecular weight is 489 g/mol. The lowest BCUT2D eigenvalue weighted by Gasteiger charge is -2.31. The van der Waals surface area contributed by atoms with Gasteiger partial charge in [-0.1, -0.05) is 30.3 Å². The topological polar surface area (TPSA) is 110 Å². The Morgan fingerprint density at radius 2 is 1.54 bits per heavy atom. The number of nitrogen functional groups attached to an aromatic ring is 1. The van der Waals surface area contributed by atoms with Gasteiger partial charge in [0, 0.05) is 32.4 Å². The Morgan fingerprint density at radius 3 is 2.29 bits per heavy atom. The van der Waals surface area contributed by atoms with E-state index in [0.29, 0.717) is 42.9 Å². The molecule has 2 N–H and O–H groups in total. The zero-order valence-electron chi connectivity index (χ0n) is 19.1. The molecule has 3 aromatic heterocycles. The molecule has 178 valence electrons. The van der Waals surface area contributed by atoms with Crippen LogP contribution in [0.15, 0.2) is 76.4 Å². The van der Waals surface area contributed by atoms with Crippen molar-refractivity contribution in [3.63, 3.8) is 0 Å². The number of piperazine rings is 1. The number of fused-ring (bicyclic) bond motifs is 2. The minimum atomic E-state index is -3.64. The standard InChI is InChI=1S/C25H24N6O3S/c1-29-10-12-30(13-11-29)35(32,33)24-15-27-23-9-7-20(16-31(23)24)18-4-2-17(3-5-18)19-6-8-22-21(14-19)28-25(26)34-22/h2-9,14-16H,10-13H2,1H3,(H2,26,28). The summed E-state index contributed by atoms with van der Waals surface area (Å²) in [6.45, 7) is 2.37. The molecule has 0 amide bonds. The molecule has 0 aliphatic carbocycles. The van der Waals surface area contributed by atoms with Crippen LogP contribution in [0.2, 0.25) is 0 Å². The van der Waals surface area contributed by atoms with Crippen molar-refractivity contribution in [3.05, 3.63) is 67.0 Å². The van der Waals surface area contributed by atoms with Crippen molar-refractivity contribution in [2.45, 2.75) is 5.03 Å². The van der Waals surface area contributed by atoms with E-state index in [0.717, 1.165) is 22.3 Å². The van der Waals surface area contributed by atoms with Gasteiger partial charge >= 0.3 is 0 Å². The maximum absolute atomic E-state index is 13.3. The maximum atomic E-state index is 13.3. The molecular formula is C25H24N6O3S. The van der Waals surface area contributed by atoms with Crippen LogP contribution >= 0.6 is 0 Å². The van der Waals surface area contributed by atoms with Gasteiger partial charge in [-0.2, -0.15) is 9.29 Å². The van der Waals surface area contributed by atoms with Gasteiger partial charge in [0.15, 0.2) is 10.6 Å².